The molecule has 1 aliphatic rings. The lowest BCUT2D eigenvalue weighted by atomic mass is 10.2. The van der Waals surface area contributed by atoms with E-state index < -0.39 is 0 Å². The molecule has 1 aromatic carbocycles. The van der Waals surface area contributed by atoms with Gasteiger partial charge in [-0.25, -0.2) is 0 Å². The highest BCUT2D eigenvalue weighted by Crippen LogP contribution is 2.15. The number of nitrogens with zero attached hydrogens (tertiary/aromatic N) is 1. The third-order valence-electron chi connectivity index (χ3n) is 3.43. The molecule has 110 valence electrons. The first kappa shape index (κ1) is 14.8. The van der Waals surface area contributed by atoms with E-state index >= 15 is 0 Å². The van der Waals surface area contributed by atoms with Crippen LogP contribution in [0.3, 0.4) is 0 Å². The summed E-state index contributed by atoms with van der Waals surface area (Å²) in [6.07, 6.45) is 0. The van der Waals surface area contributed by atoms with E-state index in [1.54, 1.807) is 0 Å². The van der Waals surface area contributed by atoms with Crippen molar-refractivity contribution in [2.75, 3.05) is 38.1 Å². The monoisotopic (exact) mass is 277 g/mol. The van der Waals surface area contributed by atoms with Crippen LogP contribution in [0.2, 0.25) is 0 Å². The Morgan fingerprint density at radius 1 is 1.45 bits per heavy atom. The Morgan fingerprint density at radius 3 is 2.85 bits per heavy atom. The number of anilines is 1. The second-order valence-corrected chi connectivity index (χ2v) is 5.03. The summed E-state index contributed by atoms with van der Waals surface area (Å²) in [5.41, 5.74) is 0.807. The van der Waals surface area contributed by atoms with E-state index in [0.29, 0.717) is 19.2 Å². The lowest BCUT2D eigenvalue weighted by Crippen LogP contribution is -2.51. The number of benzene rings is 1. The lowest BCUT2D eigenvalue weighted by Gasteiger charge is -2.33. The average Bonchev–Trinajstić information content (AvgIpc) is 2.44. The summed E-state index contributed by atoms with van der Waals surface area (Å²) >= 11 is 0. The molecule has 0 saturated carbocycles. The van der Waals surface area contributed by atoms with Crippen molar-refractivity contribution in [3.63, 3.8) is 0 Å². The van der Waals surface area contributed by atoms with Crippen LogP contribution in [-0.2, 0) is 4.79 Å². The van der Waals surface area contributed by atoms with Gasteiger partial charge in [0.25, 0.3) is 0 Å². The molecule has 0 bridgehead atoms. The van der Waals surface area contributed by atoms with Crippen molar-refractivity contribution in [3.05, 3.63) is 24.3 Å². The van der Waals surface area contributed by atoms with Crippen molar-refractivity contribution in [1.82, 2.24) is 10.2 Å². The maximum atomic E-state index is 12.0. The van der Waals surface area contributed by atoms with Gasteiger partial charge in [-0.3, -0.25) is 9.69 Å². The molecule has 1 amide bonds. The summed E-state index contributed by atoms with van der Waals surface area (Å²) in [4.78, 5) is 14.2. The van der Waals surface area contributed by atoms with E-state index in [1.807, 2.05) is 31.2 Å². The number of piperazine rings is 1. The van der Waals surface area contributed by atoms with Crippen LogP contribution in [-0.4, -0.2) is 49.6 Å². The molecular formula is C15H23N3O2. The van der Waals surface area contributed by atoms with Gasteiger partial charge in [0.05, 0.1) is 13.2 Å². The zero-order valence-electron chi connectivity index (χ0n) is 12.2. The molecule has 0 aliphatic carbocycles. The van der Waals surface area contributed by atoms with Crippen LogP contribution in [0, 0.1) is 0 Å². The van der Waals surface area contributed by atoms with Gasteiger partial charge in [0.15, 0.2) is 0 Å². The second kappa shape index (κ2) is 7.26. The first-order valence-electron chi connectivity index (χ1n) is 7.16. The van der Waals surface area contributed by atoms with E-state index in [-0.39, 0.29) is 5.91 Å². The van der Waals surface area contributed by atoms with Crippen LogP contribution in [0.4, 0.5) is 5.69 Å². The molecule has 1 saturated heterocycles. The Kier molecular flexibility index (Phi) is 5.38. The van der Waals surface area contributed by atoms with Crippen LogP contribution in [0.5, 0.6) is 5.75 Å². The maximum absolute atomic E-state index is 12.0. The molecule has 0 radical (unpaired) electrons. The van der Waals surface area contributed by atoms with E-state index in [2.05, 4.69) is 22.5 Å². The highest BCUT2D eigenvalue weighted by Gasteiger charge is 2.20. The fourth-order valence-corrected chi connectivity index (χ4v) is 2.30. The topological polar surface area (TPSA) is 53.6 Å². The SMILES string of the molecule is CCOc1ccc(NC(=O)CN2CCNC[C@H]2C)cc1. The zero-order chi connectivity index (χ0) is 14.4. The summed E-state index contributed by atoms with van der Waals surface area (Å²) in [5, 5.41) is 6.24. The summed E-state index contributed by atoms with van der Waals surface area (Å²) < 4.78 is 5.37. The molecule has 5 nitrogen and oxygen atoms in total. The van der Waals surface area contributed by atoms with Crippen LogP contribution in [0.15, 0.2) is 24.3 Å². The van der Waals surface area contributed by atoms with Crippen LogP contribution in [0.1, 0.15) is 13.8 Å². The number of hydrogen-bond donors (Lipinski definition) is 2. The van der Waals surface area contributed by atoms with Gasteiger partial charge in [-0.05, 0) is 38.1 Å². The number of rotatable bonds is 5. The third-order valence-corrected chi connectivity index (χ3v) is 3.43. The Balaban J connectivity index is 1.84. The molecule has 1 heterocycles. The number of hydrogen-bond acceptors (Lipinski definition) is 4. The molecule has 20 heavy (non-hydrogen) atoms. The lowest BCUT2D eigenvalue weighted by molar-refractivity contribution is -0.118. The Labute approximate surface area is 120 Å². The smallest absolute Gasteiger partial charge is 0.238 e. The van der Waals surface area contributed by atoms with Crippen LogP contribution >= 0.6 is 0 Å². The van der Waals surface area contributed by atoms with Crippen molar-refractivity contribution in [1.29, 1.82) is 0 Å². The van der Waals surface area contributed by atoms with Gasteiger partial charge in [-0.2, -0.15) is 0 Å². The molecule has 1 fully saturated rings. The minimum Gasteiger partial charge on any atom is -0.494 e. The van der Waals surface area contributed by atoms with E-state index in [4.69, 9.17) is 4.74 Å². The zero-order valence-corrected chi connectivity index (χ0v) is 12.2. The molecule has 1 atom stereocenters. The van der Waals surface area contributed by atoms with Crippen LogP contribution in [0.25, 0.3) is 0 Å². The van der Waals surface area contributed by atoms with Crippen molar-refractivity contribution >= 4 is 11.6 Å². The van der Waals surface area contributed by atoms with Crippen LogP contribution < -0.4 is 15.4 Å². The van der Waals surface area contributed by atoms with Gasteiger partial charge in [0.1, 0.15) is 5.75 Å². The fourth-order valence-electron chi connectivity index (χ4n) is 2.30. The predicted molar refractivity (Wildman–Crippen MR) is 80.1 cm³/mol. The predicted octanol–water partition coefficient (Wildman–Crippen LogP) is 1.32. The number of amides is 1. The highest BCUT2D eigenvalue weighted by atomic mass is 16.5. The minimum absolute atomic E-state index is 0.0305. The Bertz CT molecular complexity index is 433. The summed E-state index contributed by atoms with van der Waals surface area (Å²) in [6.45, 7) is 7.97. The van der Waals surface area contributed by atoms with Gasteiger partial charge < -0.3 is 15.4 Å². The Morgan fingerprint density at radius 2 is 2.20 bits per heavy atom. The number of carbonyl (C=O) groups is 1. The van der Waals surface area contributed by atoms with Gasteiger partial charge in [0.2, 0.25) is 5.91 Å². The molecule has 0 aromatic heterocycles. The molecule has 1 aliphatic heterocycles. The van der Waals surface area contributed by atoms with Crippen molar-refractivity contribution in [3.8, 4) is 5.75 Å². The molecule has 1 aromatic rings. The highest BCUT2D eigenvalue weighted by molar-refractivity contribution is 5.92. The van der Waals surface area contributed by atoms with Gasteiger partial charge in [-0.15, -0.1) is 0 Å². The molecule has 2 rings (SSSR count). The Hall–Kier alpha value is -1.59. The standard InChI is InChI=1S/C15H23N3O2/c1-3-20-14-6-4-13(5-7-14)17-15(19)11-18-9-8-16-10-12(18)2/h4-7,12,16H,3,8-11H2,1-2H3,(H,17,19)/t12-/m1/s1. The van der Waals surface area contributed by atoms with Crippen molar-refractivity contribution < 1.29 is 9.53 Å². The molecular weight excluding hydrogens is 254 g/mol. The molecule has 2 N–H and O–H groups in total. The van der Waals surface area contributed by atoms with E-state index in [0.717, 1.165) is 31.1 Å². The summed E-state index contributed by atoms with van der Waals surface area (Å²) in [6, 6.07) is 7.86. The van der Waals surface area contributed by atoms with E-state index in [1.165, 1.54) is 0 Å². The number of nitrogens with one attached hydrogen (secondary N) is 2. The summed E-state index contributed by atoms with van der Waals surface area (Å²) in [7, 11) is 0. The van der Waals surface area contributed by atoms with Crippen molar-refractivity contribution in [2.45, 2.75) is 19.9 Å². The van der Waals surface area contributed by atoms with E-state index in [9.17, 15) is 4.79 Å². The second-order valence-electron chi connectivity index (χ2n) is 5.03. The quantitative estimate of drug-likeness (QED) is 0.852. The normalized spacial score (nSPS) is 19.6. The van der Waals surface area contributed by atoms with Gasteiger partial charge in [-0.1, -0.05) is 0 Å². The maximum Gasteiger partial charge on any atom is 0.238 e. The number of ether oxygens (including phenoxy) is 1. The summed E-state index contributed by atoms with van der Waals surface area (Å²) in [5.74, 6) is 0.851. The van der Waals surface area contributed by atoms with Gasteiger partial charge in [0, 0.05) is 31.4 Å². The molecule has 0 spiro atoms. The first-order chi connectivity index (χ1) is 9.69. The largest absolute Gasteiger partial charge is 0.494 e. The fraction of sp³-hybridized carbons (Fsp3) is 0.533. The molecule has 0 unspecified atom stereocenters. The number of carbonyl (C=O) groups excluding carboxylic acids is 1. The minimum atomic E-state index is 0.0305. The van der Waals surface area contributed by atoms with Gasteiger partial charge >= 0.3 is 0 Å². The first-order valence-corrected chi connectivity index (χ1v) is 7.16. The average molecular weight is 277 g/mol. The van der Waals surface area contributed by atoms with Crippen molar-refractivity contribution in [2.24, 2.45) is 0 Å². The third kappa shape index (κ3) is 4.21. The molecule has 5 heteroatoms.